The lowest BCUT2D eigenvalue weighted by Gasteiger charge is -2.28. The van der Waals surface area contributed by atoms with Crippen molar-refractivity contribution in [3.8, 4) is 0 Å². The minimum Gasteiger partial charge on any atom is -0.315 e. The Labute approximate surface area is 180 Å². The van der Waals surface area contributed by atoms with Gasteiger partial charge in [-0.1, -0.05) is 13.8 Å². The van der Waals surface area contributed by atoms with Crippen molar-refractivity contribution in [1.82, 2.24) is 0 Å². The van der Waals surface area contributed by atoms with Crippen molar-refractivity contribution < 1.29 is 70.9 Å². The average molecular weight is 542 g/mol. The van der Waals surface area contributed by atoms with Gasteiger partial charge < -0.3 is 9.47 Å². The Hall–Kier alpha value is -0.630. The second-order valence-corrected chi connectivity index (χ2v) is 9.88. The molecule has 0 aromatic heterocycles. The highest BCUT2D eigenvalue weighted by atomic mass is 31.1. The van der Waals surface area contributed by atoms with E-state index in [4.69, 9.17) is 0 Å². The molecule has 0 aliphatic rings. The predicted molar refractivity (Wildman–Crippen MR) is 89.4 cm³/mol. The van der Waals surface area contributed by atoms with Gasteiger partial charge in [0.25, 0.3) is 0 Å². The summed E-state index contributed by atoms with van der Waals surface area (Å²) in [5.41, 5.74) is 0. The summed E-state index contributed by atoms with van der Waals surface area (Å²) in [6.07, 6.45) is -25.4. The average Bonchev–Trinajstić information content (AvgIpc) is 2.59. The Morgan fingerprint density at radius 1 is 0.576 bits per heavy atom. The summed E-state index contributed by atoms with van der Waals surface area (Å²) in [7, 11) is -1.27. The highest BCUT2D eigenvalue weighted by molar-refractivity contribution is 7.57. The molecule has 0 unspecified atom stereocenters. The first-order valence-corrected chi connectivity index (χ1v) is 11.0. The number of rotatable bonds is 14. The van der Waals surface area contributed by atoms with Crippen molar-refractivity contribution in [2.24, 2.45) is 5.92 Å². The molecule has 0 rings (SSSR count). The van der Waals surface area contributed by atoms with Crippen LogP contribution in [0.2, 0.25) is 0 Å². The highest BCUT2D eigenvalue weighted by Gasteiger charge is 2.75. The molecular formula is C16H21F14O2P. The van der Waals surface area contributed by atoms with Gasteiger partial charge in [0.2, 0.25) is 0 Å². The first-order valence-electron chi connectivity index (χ1n) is 9.14. The quantitative estimate of drug-likeness (QED) is 0.129. The van der Waals surface area contributed by atoms with Crippen molar-refractivity contribution in [2.75, 3.05) is 31.7 Å². The largest absolute Gasteiger partial charge is 0.462 e. The lowest BCUT2D eigenvalue weighted by Crippen LogP contribution is -2.53. The molecule has 2 nitrogen and oxygen atoms in total. The fourth-order valence-corrected chi connectivity index (χ4v) is 5.07. The van der Waals surface area contributed by atoms with E-state index < -0.39 is 70.4 Å². The Morgan fingerprint density at radius 2 is 0.879 bits per heavy atom. The highest BCUT2D eigenvalue weighted by Crippen LogP contribution is 2.48. The van der Waals surface area contributed by atoms with Gasteiger partial charge >= 0.3 is 36.4 Å². The molecule has 0 aliphatic heterocycles. The molecule has 0 saturated carbocycles. The smallest absolute Gasteiger partial charge is 0.315 e. The summed E-state index contributed by atoms with van der Waals surface area (Å²) < 4.78 is 182. The topological polar surface area (TPSA) is 18.5 Å². The van der Waals surface area contributed by atoms with Crippen LogP contribution >= 0.6 is 7.92 Å². The summed E-state index contributed by atoms with van der Waals surface area (Å²) in [6, 6.07) is 0. The van der Waals surface area contributed by atoms with E-state index in [-0.39, 0.29) is 18.2 Å². The fraction of sp³-hybridized carbons (Fsp3) is 1.00. The number of hydrogen-bond acceptors (Lipinski definition) is 2. The van der Waals surface area contributed by atoms with Gasteiger partial charge in [-0.3, -0.25) is 0 Å². The van der Waals surface area contributed by atoms with Crippen LogP contribution in [0.15, 0.2) is 0 Å². The zero-order chi connectivity index (χ0) is 26.5. The molecule has 0 atom stereocenters. The summed E-state index contributed by atoms with van der Waals surface area (Å²) in [5.74, 6) is -12.9. The zero-order valence-corrected chi connectivity index (χ0v) is 18.0. The lowest BCUT2D eigenvalue weighted by molar-refractivity contribution is -0.424. The molecule has 0 aromatic carbocycles. The van der Waals surface area contributed by atoms with Crippen LogP contribution in [0.4, 0.5) is 61.5 Å². The van der Waals surface area contributed by atoms with E-state index in [9.17, 15) is 61.5 Å². The van der Waals surface area contributed by atoms with Crippen LogP contribution in [0, 0.1) is 5.92 Å². The SMILES string of the molecule is CC(C)CP(CCCOC(F)(F)C(F)(F)C(F)(F)F)CCCOC(F)(F)C(F)(F)C(F)(F)F. The van der Waals surface area contributed by atoms with E-state index in [1.54, 1.807) is 13.8 Å². The lowest BCUT2D eigenvalue weighted by atomic mass is 10.3. The number of ether oxygens (including phenoxy) is 2. The molecule has 0 saturated heterocycles. The van der Waals surface area contributed by atoms with Crippen LogP contribution < -0.4 is 0 Å². The Kier molecular flexibility index (Phi) is 11.2. The second kappa shape index (κ2) is 11.4. The van der Waals surface area contributed by atoms with Gasteiger partial charge in [0, 0.05) is 0 Å². The summed E-state index contributed by atoms with van der Waals surface area (Å²) in [5, 5.41) is 0. The van der Waals surface area contributed by atoms with E-state index in [1.165, 1.54) is 0 Å². The van der Waals surface area contributed by atoms with Crippen molar-refractivity contribution in [3.63, 3.8) is 0 Å². The van der Waals surface area contributed by atoms with Gasteiger partial charge in [-0.25, -0.2) is 0 Å². The van der Waals surface area contributed by atoms with Crippen LogP contribution in [-0.4, -0.2) is 68.1 Å². The summed E-state index contributed by atoms with van der Waals surface area (Å²) in [4.78, 5) is 0. The molecule has 33 heavy (non-hydrogen) atoms. The number of alkyl halides is 14. The monoisotopic (exact) mass is 542 g/mol. The van der Waals surface area contributed by atoms with Crippen molar-refractivity contribution in [2.45, 2.75) is 63.1 Å². The van der Waals surface area contributed by atoms with Crippen LogP contribution in [0.5, 0.6) is 0 Å². The molecule has 200 valence electrons. The predicted octanol–water partition coefficient (Wildman–Crippen LogP) is 7.52. The summed E-state index contributed by atoms with van der Waals surface area (Å²) in [6.45, 7) is 0.945. The van der Waals surface area contributed by atoms with Gasteiger partial charge in [0.15, 0.2) is 0 Å². The molecule has 0 aromatic rings. The van der Waals surface area contributed by atoms with Gasteiger partial charge in [0.1, 0.15) is 0 Å². The van der Waals surface area contributed by atoms with Gasteiger partial charge in [-0.05, 0) is 37.2 Å². The minimum atomic E-state index is -6.56. The van der Waals surface area contributed by atoms with Crippen LogP contribution in [-0.2, 0) is 9.47 Å². The van der Waals surface area contributed by atoms with Crippen LogP contribution in [0.25, 0.3) is 0 Å². The first kappa shape index (κ1) is 32.4. The maximum atomic E-state index is 13.1. The third-order valence-electron chi connectivity index (χ3n) is 3.87. The third kappa shape index (κ3) is 8.83. The van der Waals surface area contributed by atoms with Crippen LogP contribution in [0.1, 0.15) is 26.7 Å². The molecule has 0 bridgehead atoms. The maximum Gasteiger partial charge on any atom is 0.462 e. The van der Waals surface area contributed by atoms with E-state index in [1.807, 2.05) is 0 Å². The van der Waals surface area contributed by atoms with E-state index in [0.29, 0.717) is 6.16 Å². The Morgan fingerprint density at radius 3 is 1.12 bits per heavy atom. The van der Waals surface area contributed by atoms with Crippen molar-refractivity contribution in [1.29, 1.82) is 0 Å². The van der Waals surface area contributed by atoms with Crippen molar-refractivity contribution >= 4 is 7.92 Å². The maximum absolute atomic E-state index is 13.1. The first-order chi connectivity index (χ1) is 14.5. The summed E-state index contributed by atoms with van der Waals surface area (Å²) >= 11 is 0. The van der Waals surface area contributed by atoms with Gasteiger partial charge in [-0.2, -0.15) is 61.5 Å². The Bertz CT molecular complexity index is 543. The molecule has 0 fully saturated rings. The van der Waals surface area contributed by atoms with E-state index >= 15 is 0 Å². The molecule has 17 heteroatoms. The van der Waals surface area contributed by atoms with E-state index in [2.05, 4.69) is 9.47 Å². The zero-order valence-electron chi connectivity index (χ0n) is 17.1. The molecule has 0 N–H and O–H groups in total. The normalized spacial score (nSPS) is 15.1. The van der Waals surface area contributed by atoms with Gasteiger partial charge in [0.05, 0.1) is 13.2 Å². The van der Waals surface area contributed by atoms with Crippen LogP contribution in [0.3, 0.4) is 0 Å². The van der Waals surface area contributed by atoms with Crippen molar-refractivity contribution in [3.05, 3.63) is 0 Å². The van der Waals surface area contributed by atoms with Gasteiger partial charge in [-0.15, -0.1) is 7.92 Å². The van der Waals surface area contributed by atoms with E-state index in [0.717, 1.165) is 0 Å². The third-order valence-corrected chi connectivity index (χ3v) is 7.01. The molecule has 0 radical (unpaired) electrons. The molecule has 0 spiro atoms. The number of halogens is 14. The number of hydrogen-bond donors (Lipinski definition) is 0. The molecule has 0 heterocycles. The Balaban J connectivity index is 4.73. The second-order valence-electron chi connectivity index (χ2n) is 7.28. The standard InChI is InChI=1S/C16H21F14O2P/c1-10(2)9-33(7-3-5-31-15(27,28)11(17,18)13(21,22)23)8-4-6-32-16(29,30)12(19,20)14(24,25)26/h10H,3-9H2,1-2H3. The molecule has 0 amide bonds. The molecule has 0 aliphatic carbocycles. The minimum absolute atomic E-state index is 0.0592. The molecular weight excluding hydrogens is 521 g/mol. The fourth-order valence-electron chi connectivity index (χ4n) is 2.30.